The zero-order chi connectivity index (χ0) is 26.7. The molecule has 2 aromatic carbocycles. The van der Waals surface area contributed by atoms with E-state index in [1.807, 2.05) is 62.7 Å². The van der Waals surface area contributed by atoms with E-state index in [-0.39, 0.29) is 17.7 Å². The molecule has 1 atom stereocenters. The highest BCUT2D eigenvalue weighted by Crippen LogP contribution is 2.36. The zero-order valence-electron chi connectivity index (χ0n) is 21.1. The molecular weight excluding hydrogens is 503 g/mol. The number of amides is 1. The maximum atomic E-state index is 13.5. The molecule has 1 saturated heterocycles. The average molecular weight is 530 g/mol. The van der Waals surface area contributed by atoms with Gasteiger partial charge in [0.2, 0.25) is 5.91 Å². The molecule has 2 fully saturated rings. The van der Waals surface area contributed by atoms with E-state index in [2.05, 4.69) is 4.98 Å². The van der Waals surface area contributed by atoms with Gasteiger partial charge in [0.05, 0.1) is 16.6 Å². The average Bonchev–Trinajstić information content (AvgIpc) is 3.33. The van der Waals surface area contributed by atoms with E-state index in [9.17, 15) is 18.0 Å². The maximum absolute atomic E-state index is 13.5. The number of alkyl halides is 3. The molecule has 1 saturated carbocycles. The Hall–Kier alpha value is -4.14. The molecule has 1 amide bonds. The van der Waals surface area contributed by atoms with Crippen LogP contribution in [0.1, 0.15) is 24.8 Å². The van der Waals surface area contributed by atoms with Crippen molar-refractivity contribution < 1.29 is 18.0 Å². The predicted octanol–water partition coefficient (Wildman–Crippen LogP) is 6.30. The Balaban J connectivity index is 1.24. The van der Waals surface area contributed by atoms with Gasteiger partial charge >= 0.3 is 6.18 Å². The molecule has 1 aliphatic heterocycles. The molecule has 1 aliphatic carbocycles. The van der Waals surface area contributed by atoms with Crippen molar-refractivity contribution in [3.05, 3.63) is 78.8 Å². The van der Waals surface area contributed by atoms with Gasteiger partial charge in [-0.15, -0.1) is 0 Å². The van der Waals surface area contributed by atoms with Gasteiger partial charge in [-0.3, -0.25) is 4.79 Å². The first-order valence-electron chi connectivity index (χ1n) is 13.2. The van der Waals surface area contributed by atoms with Crippen molar-refractivity contribution in [2.24, 2.45) is 11.8 Å². The van der Waals surface area contributed by atoms with E-state index in [4.69, 9.17) is 4.98 Å². The van der Waals surface area contributed by atoms with Crippen LogP contribution in [0.4, 0.5) is 13.2 Å². The van der Waals surface area contributed by atoms with Crippen molar-refractivity contribution >= 4 is 22.6 Å². The number of aromatic nitrogens is 4. The van der Waals surface area contributed by atoms with Gasteiger partial charge in [-0.05, 0) is 66.6 Å². The summed E-state index contributed by atoms with van der Waals surface area (Å²) in [6.07, 6.45) is 3.98. The van der Waals surface area contributed by atoms with E-state index >= 15 is 0 Å². The summed E-state index contributed by atoms with van der Waals surface area (Å²) in [5.41, 5.74) is 3.99. The quantitative estimate of drug-likeness (QED) is 0.269. The Morgan fingerprint density at radius 2 is 1.72 bits per heavy atom. The summed E-state index contributed by atoms with van der Waals surface area (Å²) in [7, 11) is 0. The second-order valence-electron chi connectivity index (χ2n) is 10.6. The normalized spacial score (nSPS) is 17.9. The van der Waals surface area contributed by atoms with Crippen molar-refractivity contribution in [2.45, 2.75) is 32.0 Å². The first-order chi connectivity index (χ1) is 18.8. The zero-order valence-corrected chi connectivity index (χ0v) is 21.1. The number of imidazole rings is 2. The molecule has 198 valence electrons. The van der Waals surface area contributed by atoms with Gasteiger partial charge < -0.3 is 13.9 Å². The van der Waals surface area contributed by atoms with E-state index in [1.54, 1.807) is 6.20 Å². The van der Waals surface area contributed by atoms with Crippen LogP contribution >= 0.6 is 0 Å². The number of carbonyl (C=O) groups excluding carboxylic acids is 1. The van der Waals surface area contributed by atoms with Crippen LogP contribution in [0.2, 0.25) is 0 Å². The number of nitrogens with zero attached hydrogens (tertiary/aromatic N) is 5. The lowest BCUT2D eigenvalue weighted by atomic mass is 10.0. The third kappa shape index (κ3) is 4.45. The third-order valence-electron chi connectivity index (χ3n) is 7.91. The van der Waals surface area contributed by atoms with E-state index in [0.29, 0.717) is 29.9 Å². The lowest BCUT2D eigenvalue weighted by Crippen LogP contribution is -2.30. The van der Waals surface area contributed by atoms with Crippen LogP contribution < -0.4 is 0 Å². The van der Waals surface area contributed by atoms with Crippen LogP contribution in [0.5, 0.6) is 0 Å². The van der Waals surface area contributed by atoms with Gasteiger partial charge in [-0.2, -0.15) is 13.2 Å². The van der Waals surface area contributed by atoms with Crippen LogP contribution in [0.25, 0.3) is 39.2 Å². The van der Waals surface area contributed by atoms with Crippen molar-refractivity contribution in [2.75, 3.05) is 13.1 Å². The number of halogens is 3. The molecule has 4 heterocycles. The van der Waals surface area contributed by atoms with Crippen molar-refractivity contribution in [3.8, 4) is 22.5 Å². The number of fused-ring (bicyclic) bond motifs is 2. The highest BCUT2D eigenvalue weighted by Gasteiger charge is 2.37. The molecule has 7 rings (SSSR count). The first kappa shape index (κ1) is 23.9. The lowest BCUT2D eigenvalue weighted by molar-refractivity contribution is -0.137. The summed E-state index contributed by atoms with van der Waals surface area (Å²) < 4.78 is 44.4. The van der Waals surface area contributed by atoms with E-state index in [0.717, 1.165) is 60.3 Å². The van der Waals surface area contributed by atoms with Gasteiger partial charge in [0.25, 0.3) is 0 Å². The Bertz CT molecular complexity index is 1700. The summed E-state index contributed by atoms with van der Waals surface area (Å²) in [4.78, 5) is 23.6. The molecule has 0 N–H and O–H groups in total. The lowest BCUT2D eigenvalue weighted by Gasteiger charge is -2.18. The highest BCUT2D eigenvalue weighted by molar-refractivity contribution is 5.83. The monoisotopic (exact) mass is 529 g/mol. The molecule has 3 aromatic heterocycles. The number of rotatable bonds is 5. The summed E-state index contributed by atoms with van der Waals surface area (Å²) in [6, 6.07) is 15.7. The Morgan fingerprint density at radius 1 is 0.923 bits per heavy atom. The summed E-state index contributed by atoms with van der Waals surface area (Å²) in [5.74, 6) is 1.27. The highest BCUT2D eigenvalue weighted by atomic mass is 19.4. The number of benzene rings is 2. The second-order valence-corrected chi connectivity index (χ2v) is 10.6. The standard InChI is InChI=1S/C30H26F3N5O/c31-30(32,33)24-7-8-26-25(16-24)35-28(38(26)18-19-9-12-37(17-19)29(39)22-5-6-22)21-3-1-20(2-4-21)23-10-13-36-14-11-34-27(36)15-23/h1-4,7-8,10-11,13-16,19,22H,5-6,9,12,17-18H2/t19-/m1/s1. The van der Waals surface area contributed by atoms with Gasteiger partial charge in [-0.1, -0.05) is 24.3 Å². The van der Waals surface area contributed by atoms with Crippen molar-refractivity contribution in [1.82, 2.24) is 23.8 Å². The fourth-order valence-corrected chi connectivity index (χ4v) is 5.64. The van der Waals surface area contributed by atoms with Crippen LogP contribution in [0.3, 0.4) is 0 Å². The molecule has 5 aromatic rings. The molecule has 39 heavy (non-hydrogen) atoms. The molecule has 0 unspecified atom stereocenters. The topological polar surface area (TPSA) is 55.4 Å². The molecule has 2 aliphatic rings. The summed E-state index contributed by atoms with van der Waals surface area (Å²) >= 11 is 0. The fraction of sp³-hybridized carbons (Fsp3) is 0.300. The molecule has 0 spiro atoms. The molecule has 6 nitrogen and oxygen atoms in total. The number of hydrogen-bond acceptors (Lipinski definition) is 3. The second kappa shape index (κ2) is 8.97. The minimum atomic E-state index is -4.44. The first-order valence-corrected chi connectivity index (χ1v) is 13.2. The third-order valence-corrected chi connectivity index (χ3v) is 7.91. The minimum Gasteiger partial charge on any atom is -0.342 e. The molecular formula is C30H26F3N5O. The maximum Gasteiger partial charge on any atom is 0.416 e. The fourth-order valence-electron chi connectivity index (χ4n) is 5.64. The number of hydrogen-bond donors (Lipinski definition) is 0. The largest absolute Gasteiger partial charge is 0.416 e. The number of carbonyl (C=O) groups is 1. The molecule has 0 bridgehead atoms. The Labute approximate surface area is 222 Å². The van der Waals surface area contributed by atoms with Gasteiger partial charge in [0, 0.05) is 49.7 Å². The van der Waals surface area contributed by atoms with Crippen LogP contribution in [-0.2, 0) is 17.5 Å². The minimum absolute atomic E-state index is 0.182. The van der Waals surface area contributed by atoms with Crippen molar-refractivity contribution in [1.29, 1.82) is 0 Å². The van der Waals surface area contributed by atoms with Gasteiger partial charge in [0.1, 0.15) is 11.5 Å². The Morgan fingerprint density at radius 3 is 2.49 bits per heavy atom. The van der Waals surface area contributed by atoms with Gasteiger partial charge in [0.15, 0.2) is 0 Å². The summed E-state index contributed by atoms with van der Waals surface area (Å²) in [5, 5.41) is 0. The SMILES string of the molecule is O=C(C1CC1)N1CC[C@@H](Cn2c(-c3ccc(-c4ccn5ccnc5c4)cc3)nc3cc(C(F)(F)F)ccc32)C1. The molecule has 9 heteroatoms. The molecule has 0 radical (unpaired) electrons. The number of likely N-dealkylation sites (tertiary alicyclic amines) is 1. The predicted molar refractivity (Wildman–Crippen MR) is 142 cm³/mol. The van der Waals surface area contributed by atoms with Crippen molar-refractivity contribution in [3.63, 3.8) is 0 Å². The Kier molecular flexibility index (Phi) is 5.50. The van der Waals surface area contributed by atoms with Crippen LogP contribution in [-0.4, -0.2) is 42.8 Å². The number of pyridine rings is 1. The summed E-state index contributed by atoms with van der Waals surface area (Å²) in [6.45, 7) is 1.99. The van der Waals surface area contributed by atoms with Crippen LogP contribution in [0, 0.1) is 11.8 Å². The van der Waals surface area contributed by atoms with Gasteiger partial charge in [-0.25, -0.2) is 9.97 Å². The smallest absolute Gasteiger partial charge is 0.342 e. The van der Waals surface area contributed by atoms with E-state index in [1.165, 1.54) is 6.07 Å². The van der Waals surface area contributed by atoms with E-state index < -0.39 is 11.7 Å². The van der Waals surface area contributed by atoms with Crippen LogP contribution in [0.15, 0.2) is 73.2 Å².